The number of nitrogens with zero attached hydrogens (tertiary/aromatic N) is 3. The van der Waals surface area contributed by atoms with E-state index < -0.39 is 5.51 Å². The van der Waals surface area contributed by atoms with Crippen LogP contribution in [0, 0.1) is 0 Å². The molecule has 0 spiro atoms. The first-order valence-electron chi connectivity index (χ1n) is 8.20. The molecule has 0 bridgehead atoms. The summed E-state index contributed by atoms with van der Waals surface area (Å²) in [5.41, 5.74) is -2.57. The maximum absolute atomic E-state index is 12.6. The van der Waals surface area contributed by atoms with E-state index in [1.165, 1.54) is 18.2 Å². The van der Waals surface area contributed by atoms with Crippen LogP contribution in [-0.4, -0.2) is 38.7 Å². The van der Waals surface area contributed by atoms with Gasteiger partial charge in [0, 0.05) is 41.2 Å². The van der Waals surface area contributed by atoms with Crippen LogP contribution in [0.3, 0.4) is 0 Å². The van der Waals surface area contributed by atoms with Crippen LogP contribution >= 0.6 is 11.8 Å². The fourth-order valence-electron chi connectivity index (χ4n) is 2.34. The van der Waals surface area contributed by atoms with Crippen molar-refractivity contribution in [3.05, 3.63) is 54.9 Å². The lowest BCUT2D eigenvalue weighted by Crippen LogP contribution is -2.10. The van der Waals surface area contributed by atoms with Crippen LogP contribution in [0.2, 0.25) is 0 Å². The molecule has 0 saturated heterocycles. The van der Waals surface area contributed by atoms with E-state index in [-0.39, 0.29) is 35.8 Å². The number of rotatable bonds is 7. The van der Waals surface area contributed by atoms with Gasteiger partial charge in [-0.2, -0.15) is 18.2 Å². The third kappa shape index (κ3) is 5.83. The number of pyridine rings is 1. The molecule has 2 aromatic heterocycles. The van der Waals surface area contributed by atoms with Crippen LogP contribution in [0.5, 0.6) is 0 Å². The van der Waals surface area contributed by atoms with E-state index >= 15 is 0 Å². The van der Waals surface area contributed by atoms with Gasteiger partial charge in [0.25, 0.3) is 0 Å². The van der Waals surface area contributed by atoms with E-state index in [1.807, 2.05) is 6.07 Å². The lowest BCUT2D eigenvalue weighted by atomic mass is 10.2. The fraction of sp³-hybridized carbons (Fsp3) is 0.167. The molecule has 1 aromatic carbocycles. The van der Waals surface area contributed by atoms with Gasteiger partial charge in [0.2, 0.25) is 5.95 Å². The van der Waals surface area contributed by atoms with Crippen LogP contribution in [-0.2, 0) is 0 Å². The third-order valence-corrected chi connectivity index (χ3v) is 4.14. The van der Waals surface area contributed by atoms with Gasteiger partial charge in [0.05, 0.1) is 12.3 Å². The normalized spacial score (nSPS) is 11.3. The van der Waals surface area contributed by atoms with E-state index in [0.29, 0.717) is 17.2 Å². The number of anilines is 3. The van der Waals surface area contributed by atoms with Gasteiger partial charge in [0.1, 0.15) is 5.82 Å². The van der Waals surface area contributed by atoms with E-state index in [9.17, 15) is 13.2 Å². The van der Waals surface area contributed by atoms with Crippen molar-refractivity contribution in [1.29, 1.82) is 0 Å². The van der Waals surface area contributed by atoms with E-state index in [0.717, 1.165) is 5.56 Å². The second-order valence-electron chi connectivity index (χ2n) is 5.55. The number of halogens is 3. The standard InChI is InChI=1S/C18H16F3N5OS/c19-18(20,21)28-14-5-1-4-13(9-14)24-16-10-15(12-3-2-6-22-11-12)25-17(26-16)23-7-8-27/h1-6,9-11,27H,7-8H2,(H2,23,24,25,26). The summed E-state index contributed by atoms with van der Waals surface area (Å²) in [4.78, 5) is 12.8. The largest absolute Gasteiger partial charge is 0.446 e. The molecular weight excluding hydrogens is 391 g/mol. The first-order valence-corrected chi connectivity index (χ1v) is 9.02. The predicted molar refractivity (Wildman–Crippen MR) is 102 cm³/mol. The summed E-state index contributed by atoms with van der Waals surface area (Å²) >= 11 is -0.181. The lowest BCUT2D eigenvalue weighted by Gasteiger charge is -2.12. The van der Waals surface area contributed by atoms with Gasteiger partial charge < -0.3 is 15.7 Å². The molecule has 10 heteroatoms. The maximum atomic E-state index is 12.6. The molecule has 0 fully saturated rings. The Bertz CT molecular complexity index is 925. The summed E-state index contributed by atoms with van der Waals surface area (Å²) in [5, 5.41) is 14.9. The SMILES string of the molecule is OCCNc1nc(Nc2cccc(SC(F)(F)F)c2)cc(-c2cccnc2)n1. The summed E-state index contributed by atoms with van der Waals surface area (Å²) in [6.07, 6.45) is 3.28. The van der Waals surface area contributed by atoms with Crippen molar-refractivity contribution in [1.82, 2.24) is 15.0 Å². The average Bonchev–Trinajstić information content (AvgIpc) is 2.66. The maximum Gasteiger partial charge on any atom is 0.446 e. The molecule has 0 atom stereocenters. The number of aromatic nitrogens is 3. The Morgan fingerprint density at radius 3 is 2.64 bits per heavy atom. The van der Waals surface area contributed by atoms with Crippen LogP contribution in [0.15, 0.2) is 59.8 Å². The average molecular weight is 407 g/mol. The van der Waals surface area contributed by atoms with Crippen molar-refractivity contribution in [3.63, 3.8) is 0 Å². The van der Waals surface area contributed by atoms with E-state index in [1.54, 1.807) is 30.6 Å². The summed E-state index contributed by atoms with van der Waals surface area (Å²) in [7, 11) is 0. The molecule has 0 amide bonds. The summed E-state index contributed by atoms with van der Waals surface area (Å²) < 4.78 is 37.8. The Hall–Kier alpha value is -2.85. The van der Waals surface area contributed by atoms with Gasteiger partial charge in [-0.3, -0.25) is 4.98 Å². The Balaban J connectivity index is 1.89. The van der Waals surface area contributed by atoms with Crippen molar-refractivity contribution in [3.8, 4) is 11.3 Å². The van der Waals surface area contributed by atoms with Gasteiger partial charge in [-0.1, -0.05) is 6.07 Å². The zero-order valence-corrected chi connectivity index (χ0v) is 15.3. The minimum Gasteiger partial charge on any atom is -0.395 e. The number of hydrogen-bond donors (Lipinski definition) is 3. The fourth-order valence-corrected chi connectivity index (χ4v) is 2.94. The molecule has 0 aliphatic carbocycles. The summed E-state index contributed by atoms with van der Waals surface area (Å²) in [6, 6.07) is 11.2. The van der Waals surface area contributed by atoms with Gasteiger partial charge in [-0.15, -0.1) is 0 Å². The van der Waals surface area contributed by atoms with Gasteiger partial charge in [0.15, 0.2) is 0 Å². The molecule has 0 saturated carbocycles. The highest BCUT2D eigenvalue weighted by Crippen LogP contribution is 2.37. The number of benzene rings is 1. The molecule has 3 rings (SSSR count). The number of hydrogen-bond acceptors (Lipinski definition) is 7. The number of aliphatic hydroxyl groups excluding tert-OH is 1. The van der Waals surface area contributed by atoms with E-state index in [2.05, 4.69) is 25.6 Å². The van der Waals surface area contributed by atoms with Gasteiger partial charge >= 0.3 is 5.51 Å². The molecule has 3 aromatic rings. The summed E-state index contributed by atoms with van der Waals surface area (Å²) in [5.74, 6) is 0.669. The molecule has 2 heterocycles. The molecule has 0 aliphatic heterocycles. The topological polar surface area (TPSA) is 83.0 Å². The molecule has 0 aliphatic rings. The highest BCUT2D eigenvalue weighted by atomic mass is 32.2. The minimum atomic E-state index is -4.36. The van der Waals surface area contributed by atoms with Crippen LogP contribution in [0.25, 0.3) is 11.3 Å². The third-order valence-electron chi connectivity index (χ3n) is 3.42. The highest BCUT2D eigenvalue weighted by Gasteiger charge is 2.29. The number of alkyl halides is 3. The number of aliphatic hydroxyl groups is 1. The second kappa shape index (κ2) is 8.89. The van der Waals surface area contributed by atoms with Crippen LogP contribution < -0.4 is 10.6 Å². The van der Waals surface area contributed by atoms with Crippen molar-refractivity contribution >= 4 is 29.2 Å². The Labute approximate surface area is 163 Å². The Morgan fingerprint density at radius 1 is 1.07 bits per heavy atom. The van der Waals surface area contributed by atoms with Crippen LogP contribution in [0.4, 0.5) is 30.6 Å². The van der Waals surface area contributed by atoms with Gasteiger partial charge in [-0.25, -0.2) is 4.98 Å². The quantitative estimate of drug-likeness (QED) is 0.504. The lowest BCUT2D eigenvalue weighted by molar-refractivity contribution is -0.0328. The predicted octanol–water partition coefficient (Wildman–Crippen LogP) is 4.30. The van der Waals surface area contributed by atoms with Crippen molar-refractivity contribution in [2.24, 2.45) is 0 Å². The molecule has 0 unspecified atom stereocenters. The number of thioether (sulfide) groups is 1. The first kappa shape index (κ1) is 19.9. The molecular formula is C18H16F3N5OS. The van der Waals surface area contributed by atoms with Crippen molar-refractivity contribution in [2.45, 2.75) is 10.4 Å². The second-order valence-corrected chi connectivity index (χ2v) is 6.69. The molecule has 3 N–H and O–H groups in total. The van der Waals surface area contributed by atoms with Crippen molar-refractivity contribution in [2.75, 3.05) is 23.8 Å². The molecule has 6 nitrogen and oxygen atoms in total. The smallest absolute Gasteiger partial charge is 0.395 e. The molecule has 28 heavy (non-hydrogen) atoms. The van der Waals surface area contributed by atoms with Crippen molar-refractivity contribution < 1.29 is 18.3 Å². The Kier molecular flexibility index (Phi) is 6.32. The van der Waals surface area contributed by atoms with Crippen LogP contribution in [0.1, 0.15) is 0 Å². The zero-order chi connectivity index (χ0) is 20.0. The summed E-state index contributed by atoms with van der Waals surface area (Å²) in [6.45, 7) is 0.160. The minimum absolute atomic E-state index is 0.0673. The Morgan fingerprint density at radius 2 is 1.93 bits per heavy atom. The zero-order valence-electron chi connectivity index (χ0n) is 14.4. The highest BCUT2D eigenvalue weighted by molar-refractivity contribution is 8.00. The monoisotopic (exact) mass is 407 g/mol. The first-order chi connectivity index (χ1) is 13.4. The molecule has 146 valence electrons. The molecule has 0 radical (unpaired) electrons. The van der Waals surface area contributed by atoms with E-state index in [4.69, 9.17) is 5.11 Å². The number of nitrogens with one attached hydrogen (secondary N) is 2. The van der Waals surface area contributed by atoms with Gasteiger partial charge in [-0.05, 0) is 42.1 Å².